The van der Waals surface area contributed by atoms with Gasteiger partial charge in [-0.3, -0.25) is 9.69 Å². The summed E-state index contributed by atoms with van der Waals surface area (Å²) in [5.74, 6) is -0.00851. The number of para-hydroxylation sites is 1. The number of carbonyl (C=O) groups excluding carboxylic acids is 1. The van der Waals surface area contributed by atoms with Crippen LogP contribution in [0.5, 0.6) is 5.75 Å². The number of nitrogens with zero attached hydrogens (tertiary/aromatic N) is 2. The van der Waals surface area contributed by atoms with Crippen molar-refractivity contribution in [2.24, 2.45) is 0 Å². The quantitative estimate of drug-likeness (QED) is 0.700. The molecular formula is C21H23Cl2FN2O2. The lowest BCUT2D eigenvalue weighted by molar-refractivity contribution is -0.139. The van der Waals surface area contributed by atoms with Crippen molar-refractivity contribution in [1.29, 1.82) is 0 Å². The summed E-state index contributed by atoms with van der Waals surface area (Å²) in [5, 5.41) is 0.761. The highest BCUT2D eigenvalue weighted by atomic mass is 35.5. The molecular weight excluding hydrogens is 402 g/mol. The largest absolute Gasteiger partial charge is 0.481 e. The molecule has 1 heterocycles. The predicted octanol–water partition coefficient (Wildman–Crippen LogP) is 4.63. The molecule has 28 heavy (non-hydrogen) atoms. The molecule has 2 aromatic carbocycles. The van der Waals surface area contributed by atoms with Gasteiger partial charge < -0.3 is 9.64 Å². The SMILES string of the molecule is C[C@@H]1CN(Cc2ccc(F)cc2)[C@@H](C)CN1C(=O)COc1c(Cl)cccc1Cl. The highest BCUT2D eigenvalue weighted by Crippen LogP contribution is 2.32. The molecule has 0 radical (unpaired) electrons. The Balaban J connectivity index is 1.58. The minimum atomic E-state index is -0.237. The average Bonchev–Trinajstić information content (AvgIpc) is 2.65. The minimum Gasteiger partial charge on any atom is -0.481 e. The third kappa shape index (κ3) is 4.96. The molecule has 0 bridgehead atoms. The lowest BCUT2D eigenvalue weighted by Gasteiger charge is -2.44. The van der Waals surface area contributed by atoms with E-state index in [1.165, 1.54) is 12.1 Å². The van der Waals surface area contributed by atoms with Crippen LogP contribution in [-0.4, -0.2) is 47.5 Å². The number of ether oxygens (including phenoxy) is 1. The lowest BCUT2D eigenvalue weighted by Crippen LogP contribution is -2.58. The van der Waals surface area contributed by atoms with Crippen LogP contribution in [0.25, 0.3) is 0 Å². The molecule has 1 aliphatic heterocycles. The van der Waals surface area contributed by atoms with Gasteiger partial charge >= 0.3 is 0 Å². The fourth-order valence-corrected chi connectivity index (χ4v) is 3.93. The van der Waals surface area contributed by atoms with E-state index in [0.29, 0.717) is 22.3 Å². The van der Waals surface area contributed by atoms with Crippen LogP contribution in [0.4, 0.5) is 4.39 Å². The van der Waals surface area contributed by atoms with E-state index in [1.54, 1.807) is 30.3 Å². The Morgan fingerprint density at radius 1 is 1.07 bits per heavy atom. The smallest absolute Gasteiger partial charge is 0.260 e. The summed E-state index contributed by atoms with van der Waals surface area (Å²) in [6, 6.07) is 11.8. The molecule has 0 saturated carbocycles. The molecule has 0 unspecified atom stereocenters. The summed E-state index contributed by atoms with van der Waals surface area (Å²) in [6.07, 6.45) is 0. The van der Waals surface area contributed by atoms with Crippen molar-refractivity contribution in [3.8, 4) is 5.75 Å². The summed E-state index contributed by atoms with van der Waals surface area (Å²) in [4.78, 5) is 16.8. The van der Waals surface area contributed by atoms with Gasteiger partial charge in [0.1, 0.15) is 5.82 Å². The van der Waals surface area contributed by atoms with Gasteiger partial charge in [-0.2, -0.15) is 0 Å². The van der Waals surface area contributed by atoms with Crippen LogP contribution in [0.3, 0.4) is 0 Å². The zero-order valence-electron chi connectivity index (χ0n) is 15.9. The van der Waals surface area contributed by atoms with Crippen molar-refractivity contribution in [2.45, 2.75) is 32.5 Å². The normalized spacial score (nSPS) is 20.2. The van der Waals surface area contributed by atoms with E-state index in [9.17, 15) is 9.18 Å². The first-order chi connectivity index (χ1) is 13.3. The van der Waals surface area contributed by atoms with Gasteiger partial charge in [-0.1, -0.05) is 41.4 Å². The van der Waals surface area contributed by atoms with Gasteiger partial charge in [-0.25, -0.2) is 4.39 Å². The summed E-state index contributed by atoms with van der Waals surface area (Å²) in [7, 11) is 0. The second-order valence-electron chi connectivity index (χ2n) is 7.14. The Hall–Kier alpha value is -1.82. The molecule has 150 valence electrons. The fraction of sp³-hybridized carbons (Fsp3) is 0.381. The Morgan fingerprint density at radius 3 is 2.36 bits per heavy atom. The van der Waals surface area contributed by atoms with Crippen molar-refractivity contribution in [3.63, 3.8) is 0 Å². The number of halogens is 3. The van der Waals surface area contributed by atoms with Gasteiger partial charge in [0, 0.05) is 31.7 Å². The Morgan fingerprint density at radius 2 is 1.71 bits per heavy atom. The van der Waals surface area contributed by atoms with E-state index in [4.69, 9.17) is 27.9 Å². The van der Waals surface area contributed by atoms with E-state index in [0.717, 1.165) is 18.7 Å². The molecule has 0 N–H and O–H groups in total. The summed E-state index contributed by atoms with van der Waals surface area (Å²) in [6.45, 7) is 6.04. The monoisotopic (exact) mass is 424 g/mol. The van der Waals surface area contributed by atoms with Crippen LogP contribution < -0.4 is 4.74 Å². The van der Waals surface area contributed by atoms with Crippen LogP contribution in [0.15, 0.2) is 42.5 Å². The van der Waals surface area contributed by atoms with E-state index in [2.05, 4.69) is 11.8 Å². The maximum absolute atomic E-state index is 13.1. The van der Waals surface area contributed by atoms with Crippen LogP contribution in [0.1, 0.15) is 19.4 Å². The zero-order chi connectivity index (χ0) is 20.3. The van der Waals surface area contributed by atoms with E-state index < -0.39 is 0 Å². The molecule has 0 aliphatic carbocycles. The zero-order valence-corrected chi connectivity index (χ0v) is 17.4. The molecule has 0 spiro atoms. The van der Waals surface area contributed by atoms with Gasteiger partial charge in [0.15, 0.2) is 12.4 Å². The first-order valence-electron chi connectivity index (χ1n) is 9.20. The highest BCUT2D eigenvalue weighted by Gasteiger charge is 2.32. The topological polar surface area (TPSA) is 32.8 Å². The second-order valence-corrected chi connectivity index (χ2v) is 7.95. The van der Waals surface area contributed by atoms with Crippen LogP contribution in [0.2, 0.25) is 10.0 Å². The number of piperazine rings is 1. The van der Waals surface area contributed by atoms with Crippen molar-refractivity contribution in [3.05, 3.63) is 63.9 Å². The average molecular weight is 425 g/mol. The fourth-order valence-electron chi connectivity index (χ4n) is 3.43. The minimum absolute atomic E-state index is 0.0365. The molecule has 1 saturated heterocycles. The van der Waals surface area contributed by atoms with Gasteiger partial charge in [0.05, 0.1) is 10.0 Å². The Bertz CT molecular complexity index is 811. The predicted molar refractivity (Wildman–Crippen MR) is 109 cm³/mol. The van der Waals surface area contributed by atoms with E-state index in [1.807, 2.05) is 11.8 Å². The number of amides is 1. The molecule has 0 aromatic heterocycles. The van der Waals surface area contributed by atoms with Crippen LogP contribution >= 0.6 is 23.2 Å². The number of benzene rings is 2. The number of hydrogen-bond donors (Lipinski definition) is 0. The van der Waals surface area contributed by atoms with Gasteiger partial charge in [0.25, 0.3) is 5.91 Å². The van der Waals surface area contributed by atoms with Gasteiger partial charge in [-0.05, 0) is 43.7 Å². The van der Waals surface area contributed by atoms with Crippen LogP contribution in [0, 0.1) is 5.82 Å². The Labute approximate surface area is 174 Å². The first kappa shape index (κ1) is 20.9. The standard InChI is InChI=1S/C21H23Cl2FN2O2/c1-14-11-26(20(27)13-28-21-18(22)4-3-5-19(21)23)15(2)10-25(14)12-16-6-8-17(24)9-7-16/h3-9,14-15H,10-13H2,1-2H3/t14-,15+/m0/s1. The summed E-state index contributed by atoms with van der Waals surface area (Å²) >= 11 is 12.2. The maximum Gasteiger partial charge on any atom is 0.260 e. The molecule has 2 atom stereocenters. The number of hydrogen-bond acceptors (Lipinski definition) is 3. The third-order valence-electron chi connectivity index (χ3n) is 4.99. The second kappa shape index (κ2) is 9.12. The van der Waals surface area contributed by atoms with Crippen molar-refractivity contribution in [2.75, 3.05) is 19.7 Å². The van der Waals surface area contributed by atoms with Crippen molar-refractivity contribution in [1.82, 2.24) is 9.80 Å². The number of rotatable bonds is 5. The highest BCUT2D eigenvalue weighted by molar-refractivity contribution is 6.37. The molecule has 1 aliphatic rings. The lowest BCUT2D eigenvalue weighted by atomic mass is 10.1. The van der Waals surface area contributed by atoms with E-state index in [-0.39, 0.29) is 30.4 Å². The van der Waals surface area contributed by atoms with Crippen molar-refractivity contribution >= 4 is 29.1 Å². The molecule has 2 aromatic rings. The van der Waals surface area contributed by atoms with Gasteiger partial charge in [0.2, 0.25) is 0 Å². The third-order valence-corrected chi connectivity index (χ3v) is 5.59. The van der Waals surface area contributed by atoms with Crippen molar-refractivity contribution < 1.29 is 13.9 Å². The summed E-state index contributed by atoms with van der Waals surface area (Å²) < 4.78 is 18.7. The molecule has 1 amide bonds. The maximum atomic E-state index is 13.1. The first-order valence-corrected chi connectivity index (χ1v) is 9.95. The van der Waals surface area contributed by atoms with Crippen LogP contribution in [-0.2, 0) is 11.3 Å². The molecule has 3 rings (SSSR count). The van der Waals surface area contributed by atoms with E-state index >= 15 is 0 Å². The molecule has 1 fully saturated rings. The molecule has 7 heteroatoms. The Kier molecular flexibility index (Phi) is 6.81. The number of carbonyl (C=O) groups is 1. The van der Waals surface area contributed by atoms with Gasteiger partial charge in [-0.15, -0.1) is 0 Å². The summed E-state index contributed by atoms with van der Waals surface area (Å²) in [5.41, 5.74) is 1.05. The molecule has 4 nitrogen and oxygen atoms in total.